The maximum Gasteiger partial charge on any atom is 0.353 e. The molecule has 0 aliphatic carbocycles. The molecule has 2 aromatic carbocycles. The molecule has 0 saturated carbocycles. The number of hydrogen-bond acceptors (Lipinski definition) is 2. The Kier molecular flexibility index (Phi) is 6.83. The van der Waals surface area contributed by atoms with Crippen LogP contribution in [0.25, 0.3) is 0 Å². The topological polar surface area (TPSA) is 61.8 Å². The Hall–Kier alpha value is -1.86. The Bertz CT molecular complexity index is 850. The van der Waals surface area contributed by atoms with Gasteiger partial charge in [-0.2, -0.15) is 0 Å². The number of nitrogens with one attached hydrogen (secondary N) is 1. The summed E-state index contributed by atoms with van der Waals surface area (Å²) in [5.74, 6) is 0. The average Bonchev–Trinajstić information content (AvgIpc) is 2.57. The predicted octanol–water partition coefficient (Wildman–Crippen LogP) is 5.54. The first-order chi connectivity index (χ1) is 12.2. The van der Waals surface area contributed by atoms with Gasteiger partial charge in [-0.05, 0) is 64.1 Å². The van der Waals surface area contributed by atoms with E-state index in [2.05, 4.69) is 25.0 Å². The Balaban J connectivity index is 2.52. The van der Waals surface area contributed by atoms with Crippen molar-refractivity contribution in [3.63, 3.8) is 0 Å². The second-order valence-electron chi connectivity index (χ2n) is 6.42. The number of rotatable bonds is 5. The van der Waals surface area contributed by atoms with Crippen molar-refractivity contribution in [2.45, 2.75) is 44.7 Å². The van der Waals surface area contributed by atoms with Crippen LogP contribution >= 0.6 is 15.9 Å². The molecule has 140 valence electrons. The van der Waals surface area contributed by atoms with E-state index in [0.29, 0.717) is 10.6 Å². The van der Waals surface area contributed by atoms with Gasteiger partial charge in [-0.15, -0.1) is 4.36 Å². The molecule has 0 aromatic heterocycles. The Morgan fingerprint density at radius 2 is 1.54 bits per heavy atom. The zero-order valence-corrected chi connectivity index (χ0v) is 17.8. The highest BCUT2D eigenvalue weighted by Gasteiger charge is 2.23. The molecule has 0 bridgehead atoms. The van der Waals surface area contributed by atoms with Crippen LogP contribution in [0.4, 0.5) is 10.5 Å². The fourth-order valence-corrected chi connectivity index (χ4v) is 4.44. The Morgan fingerprint density at radius 1 is 1.00 bits per heavy atom. The van der Waals surface area contributed by atoms with E-state index in [1.165, 1.54) is 0 Å². The summed E-state index contributed by atoms with van der Waals surface area (Å²) in [6, 6.07) is 15.5. The van der Waals surface area contributed by atoms with Crippen molar-refractivity contribution < 1.29 is 9.00 Å². The molecule has 1 N–H and O–H groups in total. The van der Waals surface area contributed by atoms with E-state index in [-0.39, 0.29) is 12.1 Å². The van der Waals surface area contributed by atoms with Crippen LogP contribution in [0, 0.1) is 0 Å². The summed E-state index contributed by atoms with van der Waals surface area (Å²) < 4.78 is 21.7. The summed E-state index contributed by atoms with van der Waals surface area (Å²) >= 11 is 3.38. The lowest BCUT2D eigenvalue weighted by atomic mass is 10.2. The molecule has 2 aromatic rings. The molecule has 0 aliphatic heterocycles. The number of amides is 2. The molecule has 2 amide bonds. The number of hydrogen-bond donors (Lipinski definition) is 1. The zero-order valence-electron chi connectivity index (χ0n) is 15.3. The summed E-state index contributed by atoms with van der Waals surface area (Å²) in [7, 11) is -3.18. The summed E-state index contributed by atoms with van der Waals surface area (Å²) in [5, 5.41) is 0. The molecule has 0 heterocycles. The lowest BCUT2D eigenvalue weighted by molar-refractivity contribution is 0.175. The maximum absolute atomic E-state index is 13.7. The molecule has 0 saturated heterocycles. The van der Waals surface area contributed by atoms with Gasteiger partial charge >= 0.3 is 6.03 Å². The van der Waals surface area contributed by atoms with Crippen molar-refractivity contribution >= 4 is 37.6 Å². The SMILES string of the molecule is CC(C)N(C(=O)N=S(=O)(Nc1ccc(Br)cc1)c1ccccc1)C(C)C. The van der Waals surface area contributed by atoms with Gasteiger partial charge in [0.15, 0.2) is 9.92 Å². The fourth-order valence-electron chi connectivity index (χ4n) is 2.61. The number of carbonyl (C=O) groups excluding carboxylic acids is 1. The van der Waals surface area contributed by atoms with Crippen molar-refractivity contribution in [2.75, 3.05) is 4.72 Å². The van der Waals surface area contributed by atoms with Crippen LogP contribution in [0.2, 0.25) is 0 Å². The third kappa shape index (κ3) is 5.08. The molecule has 5 nitrogen and oxygen atoms in total. The van der Waals surface area contributed by atoms with E-state index in [9.17, 15) is 9.00 Å². The lowest BCUT2D eigenvalue weighted by Crippen LogP contribution is -2.41. The van der Waals surface area contributed by atoms with Gasteiger partial charge in [0.1, 0.15) is 0 Å². The Labute approximate surface area is 164 Å². The van der Waals surface area contributed by atoms with Crippen LogP contribution in [0.15, 0.2) is 68.3 Å². The summed E-state index contributed by atoms with van der Waals surface area (Å²) in [5.41, 5.74) is 0.624. The van der Waals surface area contributed by atoms with Crippen molar-refractivity contribution in [1.29, 1.82) is 0 Å². The largest absolute Gasteiger partial charge is 0.353 e. The highest BCUT2D eigenvalue weighted by atomic mass is 79.9. The average molecular weight is 438 g/mol. The number of nitrogens with zero attached hydrogens (tertiary/aromatic N) is 2. The maximum atomic E-state index is 13.7. The highest BCUT2D eigenvalue weighted by molar-refractivity contribution is 9.10. The van der Waals surface area contributed by atoms with Crippen LogP contribution in [-0.4, -0.2) is 27.2 Å². The van der Waals surface area contributed by atoms with E-state index in [1.54, 1.807) is 41.3 Å². The monoisotopic (exact) mass is 437 g/mol. The fraction of sp³-hybridized carbons (Fsp3) is 0.316. The predicted molar refractivity (Wildman–Crippen MR) is 111 cm³/mol. The van der Waals surface area contributed by atoms with Gasteiger partial charge in [0.25, 0.3) is 0 Å². The number of benzene rings is 2. The van der Waals surface area contributed by atoms with Gasteiger partial charge in [0.05, 0.1) is 4.90 Å². The molecule has 0 fully saturated rings. The first-order valence-electron chi connectivity index (χ1n) is 8.41. The summed E-state index contributed by atoms with van der Waals surface area (Å²) in [4.78, 5) is 14.9. The molecule has 7 heteroatoms. The van der Waals surface area contributed by atoms with Crippen molar-refractivity contribution in [3.05, 3.63) is 59.1 Å². The summed E-state index contributed by atoms with van der Waals surface area (Å²) in [6.45, 7) is 7.67. The molecule has 0 spiro atoms. The molecular formula is C19H24BrN3O2S. The molecule has 2 rings (SSSR count). The Morgan fingerprint density at radius 3 is 2.04 bits per heavy atom. The van der Waals surface area contributed by atoms with Crippen LogP contribution in [0.1, 0.15) is 27.7 Å². The van der Waals surface area contributed by atoms with E-state index in [1.807, 2.05) is 45.9 Å². The van der Waals surface area contributed by atoms with E-state index >= 15 is 0 Å². The minimum absolute atomic E-state index is 0.0432. The van der Waals surface area contributed by atoms with Crippen LogP contribution < -0.4 is 4.72 Å². The minimum Gasteiger partial charge on any atom is -0.317 e. The number of halogens is 1. The first kappa shape index (κ1) is 20.5. The van der Waals surface area contributed by atoms with Crippen LogP contribution in [0.3, 0.4) is 0 Å². The number of urea groups is 1. The van der Waals surface area contributed by atoms with Gasteiger partial charge in [-0.25, -0.2) is 9.00 Å². The third-order valence-corrected chi connectivity index (χ3v) is 6.07. The second-order valence-corrected chi connectivity index (χ2v) is 9.24. The van der Waals surface area contributed by atoms with Gasteiger partial charge in [0.2, 0.25) is 0 Å². The highest BCUT2D eigenvalue weighted by Crippen LogP contribution is 2.21. The number of carbonyl (C=O) groups is 1. The van der Waals surface area contributed by atoms with E-state index in [4.69, 9.17) is 0 Å². The van der Waals surface area contributed by atoms with Crippen molar-refractivity contribution in [3.8, 4) is 0 Å². The smallest absolute Gasteiger partial charge is 0.317 e. The number of anilines is 1. The van der Waals surface area contributed by atoms with Crippen molar-refractivity contribution in [1.82, 2.24) is 4.90 Å². The summed E-state index contributed by atoms with van der Waals surface area (Å²) in [6.07, 6.45) is 0. The van der Waals surface area contributed by atoms with Gasteiger partial charge in [-0.3, -0.25) is 4.72 Å². The standard InChI is InChI=1S/C19H24BrN3O2S/c1-14(2)23(15(3)4)19(24)22-26(25,18-8-6-5-7-9-18)21-17-12-10-16(20)11-13-17/h5-15H,1-4H3,(H,21,22,24,25). The van der Waals surface area contributed by atoms with E-state index < -0.39 is 15.9 Å². The van der Waals surface area contributed by atoms with Crippen LogP contribution in [-0.2, 0) is 9.92 Å². The van der Waals surface area contributed by atoms with Gasteiger partial charge in [-0.1, -0.05) is 34.1 Å². The van der Waals surface area contributed by atoms with Gasteiger partial charge < -0.3 is 4.90 Å². The normalized spacial score (nSPS) is 13.3. The third-order valence-electron chi connectivity index (χ3n) is 3.70. The zero-order chi connectivity index (χ0) is 19.3. The molecule has 1 atom stereocenters. The quantitative estimate of drug-likeness (QED) is 0.666. The molecule has 0 aliphatic rings. The molecule has 1 unspecified atom stereocenters. The van der Waals surface area contributed by atoms with Crippen molar-refractivity contribution in [2.24, 2.45) is 4.36 Å². The molecule has 26 heavy (non-hydrogen) atoms. The molecule has 0 radical (unpaired) electrons. The first-order valence-corrected chi connectivity index (χ1v) is 10.7. The van der Waals surface area contributed by atoms with Gasteiger partial charge in [0, 0.05) is 22.2 Å². The lowest BCUT2D eigenvalue weighted by Gasteiger charge is -2.29. The van der Waals surface area contributed by atoms with E-state index in [0.717, 1.165) is 4.47 Å². The minimum atomic E-state index is -3.18. The molecular weight excluding hydrogens is 414 g/mol. The van der Waals surface area contributed by atoms with Crippen LogP contribution in [0.5, 0.6) is 0 Å². The second kappa shape index (κ2) is 8.68.